The Kier molecular flexibility index (Phi) is 7.78. The molecule has 0 unspecified atom stereocenters. The lowest BCUT2D eigenvalue weighted by atomic mass is 9.89. The molecule has 2 aromatic heterocycles. The van der Waals surface area contributed by atoms with E-state index in [1.54, 1.807) is 0 Å². The molecule has 2 aromatic rings. The van der Waals surface area contributed by atoms with Crippen LogP contribution in [-0.4, -0.2) is 19.6 Å². The number of nitrogens with zero attached hydrogens (tertiary/aromatic N) is 4. The van der Waals surface area contributed by atoms with E-state index in [4.69, 9.17) is 15.1 Å². The fraction of sp³-hybridized carbons (Fsp3) is 0.808. The SMILES string of the molecule is CC(C)c1cnn2c(C3CCCCCCC3)nc(C3CCCCCCCCC3)nc12. The Bertz CT molecular complexity index is 776. The van der Waals surface area contributed by atoms with Crippen molar-refractivity contribution < 1.29 is 0 Å². The van der Waals surface area contributed by atoms with Crippen LogP contribution in [0.3, 0.4) is 0 Å². The number of aromatic nitrogens is 4. The van der Waals surface area contributed by atoms with Gasteiger partial charge in [0.2, 0.25) is 0 Å². The largest absolute Gasteiger partial charge is 0.217 e. The molecule has 4 nitrogen and oxygen atoms in total. The fourth-order valence-corrected chi connectivity index (χ4v) is 5.57. The summed E-state index contributed by atoms with van der Waals surface area (Å²) in [7, 11) is 0. The van der Waals surface area contributed by atoms with E-state index in [-0.39, 0.29) is 0 Å². The third kappa shape index (κ3) is 5.23. The third-order valence-electron chi connectivity index (χ3n) is 7.50. The topological polar surface area (TPSA) is 43.1 Å². The molecule has 0 bridgehead atoms. The van der Waals surface area contributed by atoms with Gasteiger partial charge in [-0.15, -0.1) is 0 Å². The second-order valence-electron chi connectivity index (χ2n) is 10.2. The van der Waals surface area contributed by atoms with Crippen LogP contribution >= 0.6 is 0 Å². The number of rotatable bonds is 3. The molecule has 166 valence electrons. The Labute approximate surface area is 183 Å². The molecular weight excluding hydrogens is 368 g/mol. The maximum absolute atomic E-state index is 5.31. The second kappa shape index (κ2) is 10.7. The first-order chi connectivity index (χ1) is 14.7. The van der Waals surface area contributed by atoms with E-state index in [2.05, 4.69) is 24.6 Å². The van der Waals surface area contributed by atoms with Gasteiger partial charge in [-0.2, -0.15) is 5.10 Å². The Morgan fingerprint density at radius 2 is 1.20 bits per heavy atom. The predicted octanol–water partition coefficient (Wildman–Crippen LogP) is 7.68. The number of hydrogen-bond donors (Lipinski definition) is 0. The van der Waals surface area contributed by atoms with Crippen molar-refractivity contribution in [3.63, 3.8) is 0 Å². The molecular formula is C26H42N4. The van der Waals surface area contributed by atoms with Crippen molar-refractivity contribution in [2.75, 3.05) is 0 Å². The highest BCUT2D eigenvalue weighted by atomic mass is 15.3. The minimum Gasteiger partial charge on any atom is -0.217 e. The van der Waals surface area contributed by atoms with E-state index in [1.165, 1.54) is 114 Å². The molecule has 0 aromatic carbocycles. The van der Waals surface area contributed by atoms with Gasteiger partial charge in [-0.1, -0.05) is 90.9 Å². The normalized spacial score (nSPS) is 21.6. The van der Waals surface area contributed by atoms with Gasteiger partial charge in [-0.05, 0) is 31.6 Å². The van der Waals surface area contributed by atoms with Crippen molar-refractivity contribution in [1.82, 2.24) is 19.6 Å². The summed E-state index contributed by atoms with van der Waals surface area (Å²) in [6.45, 7) is 4.52. The molecule has 2 aliphatic carbocycles. The zero-order chi connectivity index (χ0) is 20.8. The van der Waals surface area contributed by atoms with Crippen LogP contribution in [0.15, 0.2) is 6.20 Å². The van der Waals surface area contributed by atoms with E-state index in [1.807, 2.05) is 0 Å². The van der Waals surface area contributed by atoms with Crippen LogP contribution in [0.5, 0.6) is 0 Å². The van der Waals surface area contributed by atoms with Gasteiger partial charge in [0, 0.05) is 17.4 Å². The molecule has 30 heavy (non-hydrogen) atoms. The average Bonchev–Trinajstić information content (AvgIpc) is 3.15. The molecule has 0 atom stereocenters. The highest BCUT2D eigenvalue weighted by molar-refractivity contribution is 5.49. The Balaban J connectivity index is 1.71. The van der Waals surface area contributed by atoms with Crippen LogP contribution in [0.25, 0.3) is 5.65 Å². The highest BCUT2D eigenvalue weighted by Crippen LogP contribution is 2.34. The highest BCUT2D eigenvalue weighted by Gasteiger charge is 2.25. The second-order valence-corrected chi connectivity index (χ2v) is 10.2. The Morgan fingerprint density at radius 3 is 1.73 bits per heavy atom. The molecule has 0 N–H and O–H groups in total. The van der Waals surface area contributed by atoms with Crippen molar-refractivity contribution in [1.29, 1.82) is 0 Å². The predicted molar refractivity (Wildman–Crippen MR) is 124 cm³/mol. The van der Waals surface area contributed by atoms with Crippen LogP contribution in [0.2, 0.25) is 0 Å². The molecule has 0 aliphatic heterocycles. The summed E-state index contributed by atoms with van der Waals surface area (Å²) in [4.78, 5) is 10.5. The van der Waals surface area contributed by atoms with Crippen molar-refractivity contribution in [3.05, 3.63) is 23.4 Å². The molecule has 0 radical (unpaired) electrons. The average molecular weight is 411 g/mol. The third-order valence-corrected chi connectivity index (χ3v) is 7.50. The fourth-order valence-electron chi connectivity index (χ4n) is 5.57. The van der Waals surface area contributed by atoms with Gasteiger partial charge in [0.25, 0.3) is 0 Å². The van der Waals surface area contributed by atoms with E-state index in [0.29, 0.717) is 17.8 Å². The molecule has 2 fully saturated rings. The minimum absolute atomic E-state index is 0.444. The van der Waals surface area contributed by atoms with Gasteiger partial charge in [-0.3, -0.25) is 0 Å². The molecule has 2 saturated carbocycles. The van der Waals surface area contributed by atoms with E-state index in [0.717, 1.165) is 11.5 Å². The Morgan fingerprint density at radius 1 is 0.700 bits per heavy atom. The monoisotopic (exact) mass is 410 g/mol. The van der Waals surface area contributed by atoms with Gasteiger partial charge in [-0.25, -0.2) is 14.5 Å². The minimum atomic E-state index is 0.444. The Hall–Kier alpha value is -1.45. The molecule has 2 heterocycles. The maximum atomic E-state index is 5.31. The zero-order valence-corrected chi connectivity index (χ0v) is 19.4. The van der Waals surface area contributed by atoms with Crippen LogP contribution in [-0.2, 0) is 0 Å². The lowest BCUT2D eigenvalue weighted by molar-refractivity contribution is 0.423. The van der Waals surface area contributed by atoms with Crippen molar-refractivity contribution in [3.8, 4) is 0 Å². The van der Waals surface area contributed by atoms with E-state index < -0.39 is 0 Å². The first-order valence-corrected chi connectivity index (χ1v) is 13.0. The van der Waals surface area contributed by atoms with E-state index >= 15 is 0 Å². The number of hydrogen-bond acceptors (Lipinski definition) is 3. The van der Waals surface area contributed by atoms with Crippen molar-refractivity contribution >= 4 is 5.65 Å². The molecule has 4 heteroatoms. The van der Waals surface area contributed by atoms with Gasteiger partial charge < -0.3 is 0 Å². The maximum Gasteiger partial charge on any atom is 0.162 e. The zero-order valence-electron chi connectivity index (χ0n) is 19.4. The quantitative estimate of drug-likeness (QED) is 0.521. The summed E-state index contributed by atoms with van der Waals surface area (Å²) < 4.78 is 2.12. The summed E-state index contributed by atoms with van der Waals surface area (Å²) in [6, 6.07) is 0. The summed E-state index contributed by atoms with van der Waals surface area (Å²) in [5.74, 6) is 3.84. The molecule has 0 saturated heterocycles. The molecule has 4 rings (SSSR count). The summed E-state index contributed by atoms with van der Waals surface area (Å²) in [6.07, 6.45) is 23.5. The van der Waals surface area contributed by atoms with Crippen LogP contribution < -0.4 is 0 Å². The van der Waals surface area contributed by atoms with E-state index in [9.17, 15) is 0 Å². The van der Waals surface area contributed by atoms with Crippen molar-refractivity contribution in [2.24, 2.45) is 0 Å². The van der Waals surface area contributed by atoms with Gasteiger partial charge in [0.1, 0.15) is 11.6 Å². The molecule has 2 aliphatic rings. The van der Waals surface area contributed by atoms with Crippen LogP contribution in [0.1, 0.15) is 152 Å². The van der Waals surface area contributed by atoms with Gasteiger partial charge in [0.15, 0.2) is 5.65 Å². The summed E-state index contributed by atoms with van der Waals surface area (Å²) >= 11 is 0. The first kappa shape index (κ1) is 21.8. The summed E-state index contributed by atoms with van der Waals surface area (Å²) in [5.41, 5.74) is 2.37. The molecule has 0 amide bonds. The lowest BCUT2D eigenvalue weighted by Crippen LogP contribution is -2.17. The summed E-state index contributed by atoms with van der Waals surface area (Å²) in [5, 5.41) is 4.81. The van der Waals surface area contributed by atoms with Crippen molar-refractivity contribution in [2.45, 2.75) is 134 Å². The standard InChI is InChI=1S/C26H42N4/c1-20(2)23-19-27-30-25(22-17-13-9-6-10-14-18-22)28-24(29-26(23)30)21-15-11-7-4-3-5-8-12-16-21/h19-22H,3-18H2,1-2H3. The van der Waals surface area contributed by atoms with Gasteiger partial charge in [0.05, 0.1) is 6.20 Å². The van der Waals surface area contributed by atoms with Crippen LogP contribution in [0, 0.1) is 0 Å². The first-order valence-electron chi connectivity index (χ1n) is 13.0. The smallest absolute Gasteiger partial charge is 0.162 e. The van der Waals surface area contributed by atoms with Crippen LogP contribution in [0.4, 0.5) is 0 Å². The lowest BCUT2D eigenvalue weighted by Gasteiger charge is -2.23. The van der Waals surface area contributed by atoms with Gasteiger partial charge >= 0.3 is 0 Å². The number of fused-ring (bicyclic) bond motifs is 1. The molecule has 0 spiro atoms.